The van der Waals surface area contributed by atoms with Gasteiger partial charge in [-0.15, -0.1) is 24.0 Å². The van der Waals surface area contributed by atoms with Crippen molar-refractivity contribution in [1.82, 2.24) is 9.78 Å². The Morgan fingerprint density at radius 2 is 1.88 bits per heavy atom. The van der Waals surface area contributed by atoms with Crippen LogP contribution in [0.15, 0.2) is 65.8 Å². The molecule has 0 bridgehead atoms. The van der Waals surface area contributed by atoms with Gasteiger partial charge in [-0.25, -0.2) is 4.99 Å². The highest BCUT2D eigenvalue weighted by molar-refractivity contribution is 14.0. The van der Waals surface area contributed by atoms with E-state index in [4.69, 9.17) is 10.5 Å². The van der Waals surface area contributed by atoms with Gasteiger partial charge in [-0.3, -0.25) is 4.68 Å². The van der Waals surface area contributed by atoms with Crippen LogP contribution in [0.2, 0.25) is 0 Å². The lowest BCUT2D eigenvalue weighted by Crippen LogP contribution is -2.22. The molecular weight excluding hydrogens is 441 g/mol. The molecule has 0 aliphatic heterocycles. The molecule has 7 heteroatoms. The molecule has 0 aliphatic rings. The van der Waals surface area contributed by atoms with Crippen molar-refractivity contribution in [1.29, 1.82) is 0 Å². The Hall–Kier alpha value is -2.55. The molecule has 0 unspecified atom stereocenters. The van der Waals surface area contributed by atoms with Gasteiger partial charge in [0.05, 0.1) is 12.7 Å². The number of para-hydroxylation sites is 1. The predicted molar refractivity (Wildman–Crippen MR) is 115 cm³/mol. The lowest BCUT2D eigenvalue weighted by Gasteiger charge is -2.09. The van der Waals surface area contributed by atoms with Crippen LogP contribution in [-0.2, 0) is 13.6 Å². The third-order valence-electron chi connectivity index (χ3n) is 3.84. The molecule has 1 aromatic heterocycles. The SMILES string of the molecule is Cc1c(CN=C(N)Nc2cccc(Oc3ccccc3)c2)cnn1C.I. The molecule has 0 saturated carbocycles. The van der Waals surface area contributed by atoms with Crippen LogP contribution in [0.5, 0.6) is 11.5 Å². The first-order valence-corrected chi connectivity index (χ1v) is 7.99. The van der Waals surface area contributed by atoms with Crippen LogP contribution in [0.25, 0.3) is 0 Å². The number of aromatic nitrogens is 2. The Bertz CT molecular complexity index is 877. The van der Waals surface area contributed by atoms with Crippen LogP contribution in [0.1, 0.15) is 11.3 Å². The minimum atomic E-state index is 0. The van der Waals surface area contributed by atoms with Crippen molar-refractivity contribution < 1.29 is 4.74 Å². The number of aliphatic imine (C=N–C) groups is 1. The topological polar surface area (TPSA) is 77.5 Å². The molecule has 0 aliphatic carbocycles. The van der Waals surface area contributed by atoms with Crippen LogP contribution in [0.4, 0.5) is 5.69 Å². The van der Waals surface area contributed by atoms with Crippen LogP contribution in [0.3, 0.4) is 0 Å². The van der Waals surface area contributed by atoms with Crippen LogP contribution < -0.4 is 15.8 Å². The van der Waals surface area contributed by atoms with Gasteiger partial charge >= 0.3 is 0 Å². The maximum atomic E-state index is 5.98. The number of nitrogens with one attached hydrogen (secondary N) is 1. The summed E-state index contributed by atoms with van der Waals surface area (Å²) in [7, 11) is 1.91. The van der Waals surface area contributed by atoms with E-state index in [9.17, 15) is 0 Å². The van der Waals surface area contributed by atoms with Gasteiger partial charge in [0.15, 0.2) is 5.96 Å². The van der Waals surface area contributed by atoms with E-state index in [1.165, 1.54) is 0 Å². The van der Waals surface area contributed by atoms with E-state index < -0.39 is 0 Å². The standard InChI is InChI=1S/C19H21N5O.HI/c1-14-15(13-22-24(14)2)12-21-19(20)23-16-7-6-10-18(11-16)25-17-8-4-3-5-9-17;/h3-11,13H,12H2,1-2H3,(H3,20,21,23);1H. The zero-order chi connectivity index (χ0) is 17.6. The number of nitrogens with zero attached hydrogens (tertiary/aromatic N) is 3. The summed E-state index contributed by atoms with van der Waals surface area (Å²) in [5, 5.41) is 7.28. The van der Waals surface area contributed by atoms with E-state index in [0.29, 0.717) is 12.5 Å². The zero-order valence-electron chi connectivity index (χ0n) is 14.7. The van der Waals surface area contributed by atoms with Gasteiger partial charge in [-0.05, 0) is 31.2 Å². The number of benzene rings is 2. The summed E-state index contributed by atoms with van der Waals surface area (Å²) in [5.41, 5.74) is 8.93. The molecule has 26 heavy (non-hydrogen) atoms. The molecule has 3 N–H and O–H groups in total. The summed E-state index contributed by atoms with van der Waals surface area (Å²) in [6.07, 6.45) is 1.81. The van der Waals surface area contributed by atoms with Crippen LogP contribution >= 0.6 is 24.0 Å². The normalized spacial score (nSPS) is 10.9. The fraction of sp³-hybridized carbons (Fsp3) is 0.158. The van der Waals surface area contributed by atoms with Gasteiger partial charge in [0.25, 0.3) is 0 Å². The fourth-order valence-electron chi connectivity index (χ4n) is 2.32. The zero-order valence-corrected chi connectivity index (χ0v) is 17.0. The molecule has 136 valence electrons. The maximum absolute atomic E-state index is 5.98. The number of aryl methyl sites for hydroxylation is 1. The van der Waals surface area contributed by atoms with Crippen molar-refractivity contribution in [2.24, 2.45) is 17.8 Å². The molecule has 3 aromatic rings. The summed E-state index contributed by atoms with van der Waals surface area (Å²) in [4.78, 5) is 4.37. The molecule has 1 heterocycles. The third kappa shape index (κ3) is 5.22. The van der Waals surface area contributed by atoms with E-state index in [1.807, 2.05) is 73.3 Å². The highest BCUT2D eigenvalue weighted by atomic mass is 127. The number of hydrogen-bond acceptors (Lipinski definition) is 3. The summed E-state index contributed by atoms with van der Waals surface area (Å²) >= 11 is 0. The minimum Gasteiger partial charge on any atom is -0.457 e. The number of rotatable bonds is 5. The van der Waals surface area contributed by atoms with Crippen LogP contribution in [-0.4, -0.2) is 15.7 Å². The Labute approximate surface area is 170 Å². The van der Waals surface area contributed by atoms with Gasteiger partial charge in [-0.2, -0.15) is 5.10 Å². The second-order valence-corrected chi connectivity index (χ2v) is 5.65. The molecule has 0 amide bonds. The van der Waals surface area contributed by atoms with Gasteiger partial charge in [0, 0.05) is 30.1 Å². The lowest BCUT2D eigenvalue weighted by molar-refractivity contribution is 0.483. The average Bonchev–Trinajstić information content (AvgIpc) is 2.93. The van der Waals surface area contributed by atoms with Crippen molar-refractivity contribution >= 4 is 35.6 Å². The number of hydrogen-bond donors (Lipinski definition) is 2. The maximum Gasteiger partial charge on any atom is 0.193 e. The van der Waals surface area contributed by atoms with E-state index in [1.54, 1.807) is 6.20 Å². The van der Waals surface area contributed by atoms with E-state index >= 15 is 0 Å². The minimum absolute atomic E-state index is 0. The predicted octanol–water partition coefficient (Wildman–Crippen LogP) is 4.07. The number of guanidine groups is 1. The molecular formula is C19H22IN5O. The molecule has 0 spiro atoms. The fourth-order valence-corrected chi connectivity index (χ4v) is 2.32. The molecule has 6 nitrogen and oxygen atoms in total. The molecule has 0 radical (unpaired) electrons. The molecule has 2 aromatic carbocycles. The molecule has 3 rings (SSSR count). The van der Waals surface area contributed by atoms with Crippen molar-refractivity contribution in [3.05, 3.63) is 72.1 Å². The molecule has 0 atom stereocenters. The van der Waals surface area contributed by atoms with Crippen molar-refractivity contribution in [3.8, 4) is 11.5 Å². The van der Waals surface area contributed by atoms with E-state index in [-0.39, 0.29) is 24.0 Å². The highest BCUT2D eigenvalue weighted by Crippen LogP contribution is 2.23. The Morgan fingerprint density at radius 1 is 1.15 bits per heavy atom. The van der Waals surface area contributed by atoms with Gasteiger partial charge in [-0.1, -0.05) is 24.3 Å². The first-order valence-electron chi connectivity index (χ1n) is 7.99. The van der Waals surface area contributed by atoms with Crippen molar-refractivity contribution in [2.45, 2.75) is 13.5 Å². The highest BCUT2D eigenvalue weighted by Gasteiger charge is 2.04. The molecule has 0 fully saturated rings. The number of nitrogens with two attached hydrogens (primary N) is 1. The van der Waals surface area contributed by atoms with E-state index in [2.05, 4.69) is 15.4 Å². The van der Waals surface area contributed by atoms with E-state index in [0.717, 1.165) is 28.4 Å². The summed E-state index contributed by atoms with van der Waals surface area (Å²) < 4.78 is 7.63. The van der Waals surface area contributed by atoms with Gasteiger partial charge in [0.1, 0.15) is 11.5 Å². The summed E-state index contributed by atoms with van der Waals surface area (Å²) in [6, 6.07) is 17.2. The third-order valence-corrected chi connectivity index (χ3v) is 3.84. The Morgan fingerprint density at radius 3 is 2.58 bits per heavy atom. The van der Waals surface area contributed by atoms with Crippen molar-refractivity contribution in [3.63, 3.8) is 0 Å². The first-order chi connectivity index (χ1) is 12.1. The quantitative estimate of drug-likeness (QED) is 0.340. The second-order valence-electron chi connectivity index (χ2n) is 5.65. The Kier molecular flexibility index (Phi) is 7.02. The number of anilines is 1. The number of ether oxygens (including phenoxy) is 1. The monoisotopic (exact) mass is 463 g/mol. The van der Waals surface area contributed by atoms with Crippen molar-refractivity contribution in [2.75, 3.05) is 5.32 Å². The number of halogens is 1. The second kappa shape index (κ2) is 9.23. The average molecular weight is 463 g/mol. The first kappa shape index (κ1) is 19.8. The summed E-state index contributed by atoms with van der Waals surface area (Å²) in [6.45, 7) is 2.49. The Balaban J connectivity index is 0.00000243. The van der Waals surface area contributed by atoms with Crippen LogP contribution in [0, 0.1) is 6.92 Å². The largest absolute Gasteiger partial charge is 0.457 e. The molecule has 0 saturated heterocycles. The lowest BCUT2D eigenvalue weighted by atomic mass is 10.2. The summed E-state index contributed by atoms with van der Waals surface area (Å²) in [5.74, 6) is 1.86. The smallest absolute Gasteiger partial charge is 0.193 e. The van der Waals surface area contributed by atoms with Gasteiger partial charge in [0.2, 0.25) is 0 Å². The van der Waals surface area contributed by atoms with Gasteiger partial charge < -0.3 is 15.8 Å².